The first-order valence-electron chi connectivity index (χ1n) is 9.89. The Kier molecular flexibility index (Phi) is 9.63. The molecule has 0 spiro atoms. The van der Waals surface area contributed by atoms with E-state index < -0.39 is 10.0 Å². The smallest absolute Gasteiger partial charge is 0.236 e. The van der Waals surface area contributed by atoms with Crippen molar-refractivity contribution in [2.24, 2.45) is 4.99 Å². The Morgan fingerprint density at radius 3 is 2.71 bits per heavy atom. The van der Waals surface area contributed by atoms with Gasteiger partial charge in [-0.25, -0.2) is 8.42 Å². The normalized spacial score (nSPS) is 13.2. The lowest BCUT2D eigenvalue weighted by Crippen LogP contribution is -2.41. The molecule has 2 N–H and O–H groups in total. The summed E-state index contributed by atoms with van der Waals surface area (Å²) in [5, 5.41) is 6.28. The van der Waals surface area contributed by atoms with Crippen molar-refractivity contribution in [3.8, 4) is 5.75 Å². The van der Waals surface area contributed by atoms with Gasteiger partial charge in [-0.3, -0.25) is 9.30 Å². The monoisotopic (exact) mass is 556 g/mol. The number of benzene rings is 2. The fourth-order valence-electron chi connectivity index (χ4n) is 3.34. The van der Waals surface area contributed by atoms with Gasteiger partial charge in [0.15, 0.2) is 5.96 Å². The van der Waals surface area contributed by atoms with Gasteiger partial charge in [-0.15, -0.1) is 24.0 Å². The van der Waals surface area contributed by atoms with Crippen LogP contribution in [0.2, 0.25) is 0 Å². The summed E-state index contributed by atoms with van der Waals surface area (Å²) in [6.07, 6.45) is 2.45. The highest BCUT2D eigenvalue weighted by Crippen LogP contribution is 2.29. The van der Waals surface area contributed by atoms with Crippen LogP contribution in [-0.4, -0.2) is 46.9 Å². The van der Waals surface area contributed by atoms with Gasteiger partial charge < -0.3 is 15.4 Å². The van der Waals surface area contributed by atoms with Gasteiger partial charge in [-0.05, 0) is 24.1 Å². The Labute approximate surface area is 201 Å². The van der Waals surface area contributed by atoms with Gasteiger partial charge >= 0.3 is 0 Å². The molecule has 1 heterocycles. The maximum atomic E-state index is 12.8. The molecule has 0 fully saturated rings. The van der Waals surface area contributed by atoms with E-state index in [1.54, 1.807) is 13.1 Å². The Bertz CT molecular complexity index is 1010. The summed E-state index contributed by atoms with van der Waals surface area (Å²) in [7, 11) is -1.75. The van der Waals surface area contributed by atoms with Crippen LogP contribution in [0.5, 0.6) is 5.75 Å². The van der Waals surface area contributed by atoms with Gasteiger partial charge in [0.25, 0.3) is 0 Å². The minimum Gasteiger partial charge on any atom is -0.489 e. The molecule has 1 aliphatic rings. The number of hydrogen-bond acceptors (Lipinski definition) is 4. The maximum Gasteiger partial charge on any atom is 0.236 e. The lowest BCUT2D eigenvalue weighted by atomic mass is 10.2. The fourth-order valence-corrected chi connectivity index (χ4v) is 4.77. The third kappa shape index (κ3) is 6.60. The Morgan fingerprint density at radius 1 is 1.19 bits per heavy atom. The summed E-state index contributed by atoms with van der Waals surface area (Å²) in [4.78, 5) is 4.18. The van der Waals surface area contributed by atoms with Crippen molar-refractivity contribution >= 4 is 45.6 Å². The van der Waals surface area contributed by atoms with Gasteiger partial charge in [-0.1, -0.05) is 49.1 Å². The van der Waals surface area contributed by atoms with Gasteiger partial charge in [0.05, 0.1) is 11.4 Å². The molecule has 3 rings (SSSR count). The van der Waals surface area contributed by atoms with Gasteiger partial charge in [0, 0.05) is 32.2 Å². The molecule has 7 nitrogen and oxygen atoms in total. The van der Waals surface area contributed by atoms with Crippen LogP contribution in [0.25, 0.3) is 0 Å². The molecule has 0 amide bonds. The van der Waals surface area contributed by atoms with Crippen molar-refractivity contribution in [3.05, 3.63) is 72.3 Å². The second kappa shape index (κ2) is 11.9. The molecule has 0 unspecified atom stereocenters. The van der Waals surface area contributed by atoms with E-state index in [0.717, 1.165) is 29.0 Å². The van der Waals surface area contributed by atoms with E-state index in [4.69, 9.17) is 4.74 Å². The number of guanidine groups is 1. The number of nitrogens with zero attached hydrogens (tertiary/aromatic N) is 2. The summed E-state index contributed by atoms with van der Waals surface area (Å²) in [6, 6.07) is 15.4. The van der Waals surface area contributed by atoms with Crippen molar-refractivity contribution < 1.29 is 13.2 Å². The van der Waals surface area contributed by atoms with E-state index in [9.17, 15) is 8.42 Å². The zero-order valence-electron chi connectivity index (χ0n) is 17.6. The lowest BCUT2D eigenvalue weighted by molar-refractivity contribution is 0.358. The zero-order chi connectivity index (χ0) is 21.4. The van der Waals surface area contributed by atoms with Crippen LogP contribution >= 0.6 is 24.0 Å². The third-order valence-electron chi connectivity index (χ3n) is 4.83. The third-order valence-corrected chi connectivity index (χ3v) is 6.60. The second-order valence-electron chi connectivity index (χ2n) is 6.83. The molecular formula is C22H29IN4O3S. The van der Waals surface area contributed by atoms with Gasteiger partial charge in [-0.2, -0.15) is 0 Å². The minimum atomic E-state index is -3.40. The molecule has 31 heavy (non-hydrogen) atoms. The predicted octanol–water partition coefficient (Wildman–Crippen LogP) is 2.93. The summed E-state index contributed by atoms with van der Waals surface area (Å²) in [5.41, 5.74) is 2.84. The number of hydrogen-bond donors (Lipinski definition) is 2. The summed E-state index contributed by atoms with van der Waals surface area (Å²) in [5.74, 6) is 1.29. The Balaban J connectivity index is 0.00000341. The van der Waals surface area contributed by atoms with Crippen LogP contribution in [-0.2, 0) is 23.0 Å². The highest BCUT2D eigenvalue weighted by molar-refractivity contribution is 14.0. The number of halogens is 1. The van der Waals surface area contributed by atoms with E-state index >= 15 is 0 Å². The highest BCUT2D eigenvalue weighted by Gasteiger charge is 2.28. The molecule has 0 aliphatic carbocycles. The van der Waals surface area contributed by atoms with Crippen molar-refractivity contribution in [2.45, 2.75) is 13.0 Å². The maximum absolute atomic E-state index is 12.8. The van der Waals surface area contributed by atoms with Crippen molar-refractivity contribution in [1.29, 1.82) is 0 Å². The van der Waals surface area contributed by atoms with E-state index in [-0.39, 0.29) is 36.3 Å². The molecule has 0 saturated carbocycles. The van der Waals surface area contributed by atoms with Crippen molar-refractivity contribution in [2.75, 3.05) is 36.8 Å². The number of anilines is 1. The number of ether oxygens (including phenoxy) is 1. The first kappa shape index (κ1) is 25.0. The van der Waals surface area contributed by atoms with Crippen LogP contribution < -0.4 is 19.7 Å². The number of sulfonamides is 1. The van der Waals surface area contributed by atoms with Crippen LogP contribution in [0.3, 0.4) is 0 Å². The topological polar surface area (TPSA) is 83.0 Å². The average Bonchev–Trinajstić information content (AvgIpc) is 3.20. The second-order valence-corrected chi connectivity index (χ2v) is 8.84. The molecule has 9 heteroatoms. The Hall–Kier alpha value is -2.27. The van der Waals surface area contributed by atoms with Crippen molar-refractivity contribution in [1.82, 2.24) is 10.6 Å². The van der Waals surface area contributed by atoms with E-state index in [2.05, 4.69) is 22.2 Å². The van der Waals surface area contributed by atoms with E-state index in [0.29, 0.717) is 25.7 Å². The highest BCUT2D eigenvalue weighted by atomic mass is 127. The van der Waals surface area contributed by atoms with Gasteiger partial charge in [0.1, 0.15) is 12.4 Å². The predicted molar refractivity (Wildman–Crippen MR) is 137 cm³/mol. The number of para-hydroxylation sites is 2. The molecule has 2 aromatic rings. The molecule has 0 saturated heterocycles. The number of fused-ring (bicyclic) bond motifs is 1. The molecule has 0 radical (unpaired) electrons. The molecule has 168 valence electrons. The molecule has 0 aromatic heterocycles. The average molecular weight is 556 g/mol. The minimum absolute atomic E-state index is 0. The fraction of sp³-hybridized carbons (Fsp3) is 0.318. The molecule has 1 aliphatic heterocycles. The first-order chi connectivity index (χ1) is 14.5. The number of rotatable bonds is 9. The zero-order valence-corrected chi connectivity index (χ0v) is 20.7. The van der Waals surface area contributed by atoms with Gasteiger partial charge in [0.2, 0.25) is 10.0 Å². The van der Waals surface area contributed by atoms with E-state index in [1.165, 1.54) is 4.31 Å². The molecular weight excluding hydrogens is 527 g/mol. The number of aliphatic imine (C=N–C) groups is 1. The van der Waals surface area contributed by atoms with E-state index in [1.807, 2.05) is 48.5 Å². The summed E-state index contributed by atoms with van der Waals surface area (Å²) < 4.78 is 32.7. The van der Waals surface area contributed by atoms with Crippen LogP contribution in [0.4, 0.5) is 5.69 Å². The lowest BCUT2D eigenvalue weighted by Gasteiger charge is -2.20. The molecule has 0 bridgehead atoms. The summed E-state index contributed by atoms with van der Waals surface area (Å²) >= 11 is 0. The van der Waals surface area contributed by atoms with Crippen LogP contribution in [0.1, 0.15) is 11.1 Å². The quantitative estimate of drug-likeness (QED) is 0.215. The van der Waals surface area contributed by atoms with Crippen LogP contribution in [0, 0.1) is 0 Å². The Morgan fingerprint density at radius 2 is 1.94 bits per heavy atom. The molecule has 0 atom stereocenters. The summed E-state index contributed by atoms with van der Waals surface area (Å²) in [6.45, 7) is 5.35. The largest absolute Gasteiger partial charge is 0.489 e. The number of nitrogens with one attached hydrogen (secondary N) is 2. The van der Waals surface area contributed by atoms with Crippen molar-refractivity contribution in [3.63, 3.8) is 0 Å². The standard InChI is InChI=1S/C22H28N4O3S.HI/c1-3-15-29-21-11-7-5-9-19(21)17-25-22(23-2)24-13-16-30(27,28)26-14-12-18-8-4-6-10-20(18)26;/h3-11H,1,12-17H2,2H3,(H2,23,24,25);1H. The first-order valence-corrected chi connectivity index (χ1v) is 11.5. The SMILES string of the molecule is C=CCOc1ccccc1CNC(=NC)NCCS(=O)(=O)N1CCc2ccccc21.I. The van der Waals surface area contributed by atoms with Crippen LogP contribution in [0.15, 0.2) is 66.2 Å². The molecule has 2 aromatic carbocycles.